The lowest BCUT2D eigenvalue weighted by Gasteiger charge is -2.20. The largest absolute Gasteiger partial charge is 0.481 e. The second kappa shape index (κ2) is 5.51. The number of fused-ring (bicyclic) bond motifs is 1. The van der Waals surface area contributed by atoms with Crippen molar-refractivity contribution in [1.82, 2.24) is 15.0 Å². The fourth-order valence-corrected chi connectivity index (χ4v) is 2.16. The van der Waals surface area contributed by atoms with Gasteiger partial charge in [0.1, 0.15) is 0 Å². The van der Waals surface area contributed by atoms with Crippen molar-refractivity contribution in [3.05, 3.63) is 23.0 Å². The number of carbonyl (C=O) groups excluding carboxylic acids is 1. The topological polar surface area (TPSA) is 96.5 Å². The van der Waals surface area contributed by atoms with Gasteiger partial charge < -0.3 is 14.5 Å². The van der Waals surface area contributed by atoms with Gasteiger partial charge in [-0.2, -0.15) is 0 Å². The van der Waals surface area contributed by atoms with Gasteiger partial charge in [-0.3, -0.25) is 9.59 Å². The molecule has 0 saturated heterocycles. The van der Waals surface area contributed by atoms with Crippen LogP contribution in [0.5, 0.6) is 0 Å². The molecule has 0 aliphatic carbocycles. The number of carboxylic acids is 1. The molecule has 0 saturated carbocycles. The van der Waals surface area contributed by atoms with E-state index < -0.39 is 11.9 Å². The van der Waals surface area contributed by atoms with Crippen LogP contribution < -0.4 is 0 Å². The Bertz CT molecular complexity index is 708. The molecule has 0 aliphatic heterocycles. The zero-order valence-corrected chi connectivity index (χ0v) is 12.4. The summed E-state index contributed by atoms with van der Waals surface area (Å²) in [5.41, 5.74) is 1.97. The van der Waals surface area contributed by atoms with E-state index in [1.165, 1.54) is 4.90 Å². The van der Waals surface area contributed by atoms with E-state index in [-0.39, 0.29) is 12.5 Å². The van der Waals surface area contributed by atoms with Crippen LogP contribution in [0, 0.1) is 19.8 Å². The maximum atomic E-state index is 12.6. The minimum absolute atomic E-state index is 0.126. The Morgan fingerprint density at radius 2 is 2.10 bits per heavy atom. The Kier molecular flexibility index (Phi) is 3.93. The van der Waals surface area contributed by atoms with Gasteiger partial charge in [-0.25, -0.2) is 4.98 Å². The van der Waals surface area contributed by atoms with Gasteiger partial charge in [0.2, 0.25) is 0 Å². The lowest BCUT2D eigenvalue weighted by atomic mass is 10.1. The summed E-state index contributed by atoms with van der Waals surface area (Å²) in [6.45, 7) is 5.18. The number of carboxylic acid groups (broad SMARTS) is 1. The maximum Gasteiger partial charge on any atom is 0.308 e. The summed E-state index contributed by atoms with van der Waals surface area (Å²) in [5, 5.41) is 13.3. The van der Waals surface area contributed by atoms with Crippen LogP contribution in [0.2, 0.25) is 0 Å². The minimum atomic E-state index is -0.938. The molecule has 7 nitrogen and oxygen atoms in total. The number of aryl methyl sites for hydroxylation is 2. The Hall–Kier alpha value is -2.44. The summed E-state index contributed by atoms with van der Waals surface area (Å²) in [6.07, 6.45) is 0. The van der Waals surface area contributed by atoms with Gasteiger partial charge in [-0.15, -0.1) is 0 Å². The van der Waals surface area contributed by atoms with E-state index in [1.54, 1.807) is 33.9 Å². The standard InChI is InChI=1S/C14H17N3O4/c1-7(14(19)20)6-17(4)13(18)10-5-8(2)15-12-11(10)9(3)16-21-12/h5,7H,6H2,1-4H3,(H,19,20). The van der Waals surface area contributed by atoms with Crippen LogP contribution >= 0.6 is 0 Å². The number of amides is 1. The van der Waals surface area contributed by atoms with Gasteiger partial charge in [0.05, 0.1) is 22.6 Å². The molecule has 0 aliphatic rings. The van der Waals surface area contributed by atoms with Gasteiger partial charge in [0, 0.05) is 19.3 Å². The van der Waals surface area contributed by atoms with Crippen LogP contribution in [0.4, 0.5) is 0 Å². The highest BCUT2D eigenvalue weighted by Gasteiger charge is 2.23. The van der Waals surface area contributed by atoms with Gasteiger partial charge in [0.15, 0.2) is 0 Å². The van der Waals surface area contributed by atoms with Crippen molar-refractivity contribution < 1.29 is 19.2 Å². The molecule has 2 rings (SSSR count). The second-order valence-electron chi connectivity index (χ2n) is 5.18. The first-order chi connectivity index (χ1) is 9.81. The van der Waals surface area contributed by atoms with Gasteiger partial charge in [-0.1, -0.05) is 12.1 Å². The van der Waals surface area contributed by atoms with Gasteiger partial charge in [-0.05, 0) is 19.9 Å². The predicted octanol–water partition coefficient (Wildman–Crippen LogP) is 1.63. The molecule has 1 amide bonds. The molecular weight excluding hydrogens is 274 g/mol. The van der Waals surface area contributed by atoms with Crippen LogP contribution in [-0.2, 0) is 4.79 Å². The summed E-state index contributed by atoms with van der Waals surface area (Å²) >= 11 is 0. The molecule has 2 aromatic heterocycles. The van der Waals surface area contributed by atoms with Crippen molar-refractivity contribution in [2.75, 3.05) is 13.6 Å². The molecule has 0 fully saturated rings. The smallest absolute Gasteiger partial charge is 0.308 e. The van der Waals surface area contributed by atoms with Crippen molar-refractivity contribution in [2.45, 2.75) is 20.8 Å². The zero-order valence-electron chi connectivity index (χ0n) is 12.4. The highest BCUT2D eigenvalue weighted by molar-refractivity contribution is 6.06. The maximum absolute atomic E-state index is 12.6. The Morgan fingerprint density at radius 1 is 1.43 bits per heavy atom. The third-order valence-corrected chi connectivity index (χ3v) is 3.29. The molecule has 7 heteroatoms. The fourth-order valence-electron chi connectivity index (χ4n) is 2.16. The number of rotatable bonds is 4. The molecule has 2 aromatic rings. The van der Waals surface area contributed by atoms with Crippen molar-refractivity contribution in [3.63, 3.8) is 0 Å². The third kappa shape index (κ3) is 2.86. The lowest BCUT2D eigenvalue weighted by molar-refractivity contribution is -0.141. The van der Waals surface area contributed by atoms with Crippen LogP contribution in [0.1, 0.15) is 28.7 Å². The summed E-state index contributed by atoms with van der Waals surface area (Å²) < 4.78 is 5.09. The molecule has 1 atom stereocenters. The predicted molar refractivity (Wildman–Crippen MR) is 75.0 cm³/mol. The van der Waals surface area contributed by atoms with E-state index in [1.807, 2.05) is 0 Å². The van der Waals surface area contributed by atoms with E-state index in [4.69, 9.17) is 9.63 Å². The molecular formula is C14H17N3O4. The minimum Gasteiger partial charge on any atom is -0.481 e. The summed E-state index contributed by atoms with van der Waals surface area (Å²) in [5.74, 6) is -1.85. The number of carbonyl (C=O) groups is 2. The zero-order chi connectivity index (χ0) is 15.7. The first-order valence-corrected chi connectivity index (χ1v) is 6.53. The van der Waals surface area contributed by atoms with E-state index in [9.17, 15) is 9.59 Å². The van der Waals surface area contributed by atoms with Crippen LogP contribution in [0.3, 0.4) is 0 Å². The van der Waals surface area contributed by atoms with Gasteiger partial charge >= 0.3 is 5.97 Å². The number of hydrogen-bond acceptors (Lipinski definition) is 5. The van der Waals surface area contributed by atoms with E-state index in [0.29, 0.717) is 28.1 Å². The normalized spacial score (nSPS) is 12.4. The average molecular weight is 291 g/mol. The van der Waals surface area contributed by atoms with E-state index in [0.717, 1.165) is 0 Å². The molecule has 0 radical (unpaired) electrons. The Balaban J connectivity index is 2.39. The van der Waals surface area contributed by atoms with Crippen LogP contribution in [-0.4, -0.2) is 45.6 Å². The number of nitrogens with zero attached hydrogens (tertiary/aromatic N) is 3. The molecule has 112 valence electrons. The fraction of sp³-hybridized carbons (Fsp3) is 0.429. The molecule has 1 unspecified atom stereocenters. The van der Waals surface area contributed by atoms with Gasteiger partial charge in [0.25, 0.3) is 11.6 Å². The first kappa shape index (κ1) is 15.0. The summed E-state index contributed by atoms with van der Waals surface area (Å²) in [7, 11) is 1.58. The molecule has 0 aromatic carbocycles. The third-order valence-electron chi connectivity index (χ3n) is 3.29. The first-order valence-electron chi connectivity index (χ1n) is 6.53. The van der Waals surface area contributed by atoms with E-state index >= 15 is 0 Å². The lowest BCUT2D eigenvalue weighted by Crippen LogP contribution is -2.33. The number of hydrogen-bond donors (Lipinski definition) is 1. The highest BCUT2D eigenvalue weighted by atomic mass is 16.5. The van der Waals surface area contributed by atoms with Crippen molar-refractivity contribution in [3.8, 4) is 0 Å². The quantitative estimate of drug-likeness (QED) is 0.919. The summed E-state index contributed by atoms with van der Waals surface area (Å²) in [4.78, 5) is 29.0. The molecule has 21 heavy (non-hydrogen) atoms. The highest BCUT2D eigenvalue weighted by Crippen LogP contribution is 2.23. The SMILES string of the molecule is Cc1cc(C(=O)N(C)CC(C)C(=O)O)c2c(C)noc2n1. The Labute approximate surface area is 121 Å². The number of aromatic nitrogens is 2. The van der Waals surface area contributed by atoms with Crippen LogP contribution in [0.25, 0.3) is 11.1 Å². The van der Waals surface area contributed by atoms with Crippen molar-refractivity contribution in [1.29, 1.82) is 0 Å². The molecule has 2 heterocycles. The van der Waals surface area contributed by atoms with E-state index in [2.05, 4.69) is 10.1 Å². The Morgan fingerprint density at radius 3 is 2.71 bits per heavy atom. The molecule has 0 bridgehead atoms. The number of aliphatic carboxylic acids is 1. The molecule has 0 spiro atoms. The number of pyridine rings is 1. The monoisotopic (exact) mass is 291 g/mol. The van der Waals surface area contributed by atoms with Crippen molar-refractivity contribution >= 4 is 23.0 Å². The average Bonchev–Trinajstić information content (AvgIpc) is 2.78. The van der Waals surface area contributed by atoms with Crippen LogP contribution in [0.15, 0.2) is 10.6 Å². The molecule has 1 N–H and O–H groups in total. The van der Waals surface area contributed by atoms with Crippen molar-refractivity contribution in [2.24, 2.45) is 5.92 Å². The second-order valence-corrected chi connectivity index (χ2v) is 5.18. The summed E-state index contributed by atoms with van der Waals surface area (Å²) in [6, 6.07) is 1.66.